The SMILES string of the molecule is CC(c1ccc(Cl)cc1)N(c1cc(=O)oc2ccc(Cl)cc12)C1CCNCC1. The van der Waals surface area contributed by atoms with Crippen LogP contribution in [0.5, 0.6) is 0 Å². The van der Waals surface area contributed by atoms with Gasteiger partial charge in [-0.25, -0.2) is 4.79 Å². The van der Waals surface area contributed by atoms with Gasteiger partial charge in [0.1, 0.15) is 5.58 Å². The Morgan fingerprint density at radius 2 is 1.71 bits per heavy atom. The van der Waals surface area contributed by atoms with Gasteiger partial charge in [-0.1, -0.05) is 35.3 Å². The van der Waals surface area contributed by atoms with Gasteiger partial charge in [-0.15, -0.1) is 0 Å². The van der Waals surface area contributed by atoms with Gasteiger partial charge in [-0.05, 0) is 68.8 Å². The molecule has 28 heavy (non-hydrogen) atoms. The molecule has 4 nitrogen and oxygen atoms in total. The van der Waals surface area contributed by atoms with E-state index in [2.05, 4.69) is 17.1 Å². The van der Waals surface area contributed by atoms with Crippen molar-refractivity contribution < 1.29 is 4.42 Å². The molecule has 1 atom stereocenters. The zero-order valence-corrected chi connectivity index (χ0v) is 17.1. The van der Waals surface area contributed by atoms with Gasteiger partial charge in [-0.2, -0.15) is 0 Å². The zero-order valence-electron chi connectivity index (χ0n) is 15.6. The van der Waals surface area contributed by atoms with Crippen LogP contribution in [0.25, 0.3) is 11.0 Å². The van der Waals surface area contributed by atoms with Crippen LogP contribution < -0.4 is 15.8 Å². The van der Waals surface area contributed by atoms with Crippen molar-refractivity contribution in [3.63, 3.8) is 0 Å². The summed E-state index contributed by atoms with van der Waals surface area (Å²) >= 11 is 12.4. The maximum Gasteiger partial charge on any atom is 0.338 e. The lowest BCUT2D eigenvalue weighted by molar-refractivity contribution is 0.409. The van der Waals surface area contributed by atoms with E-state index in [1.165, 1.54) is 0 Å². The lowest BCUT2D eigenvalue weighted by Crippen LogP contribution is -2.44. The van der Waals surface area contributed by atoms with Crippen LogP contribution in [0, 0.1) is 0 Å². The van der Waals surface area contributed by atoms with Crippen molar-refractivity contribution in [3.05, 3.63) is 74.6 Å². The predicted octanol–water partition coefficient (Wildman–Crippen LogP) is 5.42. The first-order valence-corrected chi connectivity index (χ1v) is 10.3. The highest BCUT2D eigenvalue weighted by molar-refractivity contribution is 6.31. The van der Waals surface area contributed by atoms with E-state index < -0.39 is 0 Å². The van der Waals surface area contributed by atoms with Crippen LogP contribution in [0.1, 0.15) is 31.4 Å². The molecule has 4 rings (SSSR count). The Morgan fingerprint density at radius 3 is 2.43 bits per heavy atom. The normalized spacial score (nSPS) is 16.2. The molecule has 2 heterocycles. The molecule has 2 aromatic carbocycles. The number of hydrogen-bond donors (Lipinski definition) is 1. The predicted molar refractivity (Wildman–Crippen MR) is 116 cm³/mol. The largest absolute Gasteiger partial charge is 0.423 e. The third-order valence-electron chi connectivity index (χ3n) is 5.43. The fourth-order valence-electron chi connectivity index (χ4n) is 4.04. The van der Waals surface area contributed by atoms with E-state index >= 15 is 0 Å². The number of nitrogens with one attached hydrogen (secondary N) is 1. The lowest BCUT2D eigenvalue weighted by atomic mass is 9.97. The molecule has 0 saturated carbocycles. The molecule has 0 amide bonds. The van der Waals surface area contributed by atoms with E-state index in [-0.39, 0.29) is 11.7 Å². The molecule has 1 aromatic heterocycles. The van der Waals surface area contributed by atoms with Gasteiger partial charge in [0.05, 0.1) is 11.7 Å². The summed E-state index contributed by atoms with van der Waals surface area (Å²) in [5.41, 5.74) is 2.20. The first-order valence-electron chi connectivity index (χ1n) is 9.51. The molecular formula is C22H22Cl2N2O2. The summed E-state index contributed by atoms with van der Waals surface area (Å²) < 4.78 is 5.43. The van der Waals surface area contributed by atoms with E-state index in [4.69, 9.17) is 27.6 Å². The minimum Gasteiger partial charge on any atom is -0.423 e. The summed E-state index contributed by atoms with van der Waals surface area (Å²) in [7, 11) is 0. The Hall–Kier alpha value is -2.01. The van der Waals surface area contributed by atoms with E-state index in [0.29, 0.717) is 21.7 Å². The maximum absolute atomic E-state index is 12.3. The van der Waals surface area contributed by atoms with Gasteiger partial charge in [0.15, 0.2) is 0 Å². The number of hydrogen-bond acceptors (Lipinski definition) is 4. The molecule has 6 heteroatoms. The summed E-state index contributed by atoms with van der Waals surface area (Å²) in [5, 5.41) is 5.60. The number of fused-ring (bicyclic) bond motifs is 1. The van der Waals surface area contributed by atoms with E-state index in [1.807, 2.05) is 30.3 Å². The Balaban J connectivity index is 1.88. The summed E-state index contributed by atoms with van der Waals surface area (Å²) in [6.45, 7) is 4.07. The van der Waals surface area contributed by atoms with Crippen molar-refractivity contribution in [2.45, 2.75) is 31.8 Å². The molecule has 1 aliphatic heterocycles. The van der Waals surface area contributed by atoms with Crippen molar-refractivity contribution in [1.82, 2.24) is 5.32 Å². The first kappa shape index (κ1) is 19.3. The second-order valence-electron chi connectivity index (χ2n) is 7.21. The van der Waals surface area contributed by atoms with Gasteiger partial charge < -0.3 is 14.6 Å². The van der Waals surface area contributed by atoms with Crippen LogP contribution >= 0.6 is 23.2 Å². The molecule has 0 bridgehead atoms. The van der Waals surface area contributed by atoms with E-state index in [0.717, 1.165) is 42.6 Å². The highest BCUT2D eigenvalue weighted by Crippen LogP contribution is 2.37. The topological polar surface area (TPSA) is 45.5 Å². The molecule has 1 saturated heterocycles. The van der Waals surface area contributed by atoms with Gasteiger partial charge in [0.25, 0.3) is 0 Å². The quantitative estimate of drug-likeness (QED) is 0.576. The number of benzene rings is 2. The van der Waals surface area contributed by atoms with Crippen LogP contribution in [0.3, 0.4) is 0 Å². The molecular weight excluding hydrogens is 395 g/mol. The van der Waals surface area contributed by atoms with Crippen molar-refractivity contribution in [2.24, 2.45) is 0 Å². The minimum absolute atomic E-state index is 0.0596. The van der Waals surface area contributed by atoms with Crippen LogP contribution in [0.4, 0.5) is 5.69 Å². The first-order chi connectivity index (χ1) is 13.5. The van der Waals surface area contributed by atoms with Gasteiger partial charge in [0, 0.05) is 27.5 Å². The minimum atomic E-state index is -0.355. The summed E-state index contributed by atoms with van der Waals surface area (Å²) in [5.74, 6) is 0. The highest BCUT2D eigenvalue weighted by atomic mass is 35.5. The van der Waals surface area contributed by atoms with Crippen molar-refractivity contribution in [3.8, 4) is 0 Å². The van der Waals surface area contributed by atoms with E-state index in [1.54, 1.807) is 18.2 Å². The summed E-state index contributed by atoms with van der Waals surface area (Å²) in [6, 6.07) is 15.2. The zero-order chi connectivity index (χ0) is 19.7. The monoisotopic (exact) mass is 416 g/mol. The molecule has 146 valence electrons. The van der Waals surface area contributed by atoms with Gasteiger partial charge in [-0.3, -0.25) is 0 Å². The average molecular weight is 417 g/mol. The fraction of sp³-hybridized carbons (Fsp3) is 0.318. The Morgan fingerprint density at radius 1 is 1.04 bits per heavy atom. The molecule has 1 aliphatic rings. The van der Waals surface area contributed by atoms with Crippen molar-refractivity contribution in [2.75, 3.05) is 18.0 Å². The lowest BCUT2D eigenvalue weighted by Gasteiger charge is -2.41. The molecule has 1 unspecified atom stereocenters. The number of rotatable bonds is 4. The Labute approximate surface area is 174 Å². The summed E-state index contributed by atoms with van der Waals surface area (Å²) in [4.78, 5) is 14.7. The Kier molecular flexibility index (Phi) is 5.63. The van der Waals surface area contributed by atoms with Crippen LogP contribution in [-0.4, -0.2) is 19.1 Å². The number of halogens is 2. The molecule has 0 spiro atoms. The third kappa shape index (κ3) is 3.90. The molecule has 3 aromatic rings. The molecule has 1 N–H and O–H groups in total. The number of nitrogens with zero attached hydrogens (tertiary/aromatic N) is 1. The molecule has 0 radical (unpaired) electrons. The Bertz CT molecular complexity index is 1030. The number of anilines is 1. The standard InChI is InChI=1S/C22H22Cl2N2O2/c1-14(15-2-4-16(23)5-3-15)26(18-8-10-25-11-9-18)20-13-22(27)28-21-7-6-17(24)12-19(20)21/h2-7,12-14,18,25H,8-11H2,1H3. The molecule has 0 aliphatic carbocycles. The van der Waals surface area contributed by atoms with Gasteiger partial charge >= 0.3 is 5.63 Å². The van der Waals surface area contributed by atoms with Gasteiger partial charge in [0.2, 0.25) is 0 Å². The van der Waals surface area contributed by atoms with Crippen molar-refractivity contribution >= 4 is 39.9 Å². The van der Waals surface area contributed by atoms with Crippen LogP contribution in [0.2, 0.25) is 10.0 Å². The fourth-order valence-corrected chi connectivity index (χ4v) is 4.34. The third-order valence-corrected chi connectivity index (χ3v) is 5.92. The highest BCUT2D eigenvalue weighted by Gasteiger charge is 2.28. The van der Waals surface area contributed by atoms with Crippen LogP contribution in [0.15, 0.2) is 57.7 Å². The van der Waals surface area contributed by atoms with Crippen molar-refractivity contribution in [1.29, 1.82) is 0 Å². The second-order valence-corrected chi connectivity index (χ2v) is 8.08. The summed E-state index contributed by atoms with van der Waals surface area (Å²) in [6.07, 6.45) is 2.00. The van der Waals surface area contributed by atoms with E-state index in [9.17, 15) is 4.79 Å². The smallest absolute Gasteiger partial charge is 0.338 e. The maximum atomic E-state index is 12.3. The number of piperidine rings is 1. The van der Waals surface area contributed by atoms with Crippen LogP contribution in [-0.2, 0) is 0 Å². The molecule has 1 fully saturated rings. The second kappa shape index (κ2) is 8.16. The average Bonchev–Trinajstić information content (AvgIpc) is 2.70.